The summed E-state index contributed by atoms with van der Waals surface area (Å²) >= 11 is 0. The summed E-state index contributed by atoms with van der Waals surface area (Å²) in [5.74, 6) is -1.36. The number of benzene rings is 1. The van der Waals surface area contributed by atoms with Crippen LogP contribution in [-0.2, 0) is 20.9 Å². The molecule has 0 aromatic heterocycles. The summed E-state index contributed by atoms with van der Waals surface area (Å²) in [6.07, 6.45) is 1.45. The van der Waals surface area contributed by atoms with Crippen molar-refractivity contribution < 1.29 is 24.2 Å². The highest BCUT2D eigenvalue weighted by molar-refractivity contribution is 5.89. The van der Waals surface area contributed by atoms with Crippen LogP contribution in [0.15, 0.2) is 24.3 Å². The number of amides is 1. The Kier molecular flexibility index (Phi) is 6.94. The Morgan fingerprint density at radius 2 is 1.71 bits per heavy atom. The second-order valence-electron chi connectivity index (χ2n) is 4.57. The van der Waals surface area contributed by atoms with Gasteiger partial charge in [0.15, 0.2) is 0 Å². The highest BCUT2D eigenvalue weighted by atomic mass is 16.5. The van der Waals surface area contributed by atoms with Gasteiger partial charge in [-0.25, -0.2) is 4.79 Å². The summed E-state index contributed by atoms with van der Waals surface area (Å²) in [4.78, 5) is 33.1. The van der Waals surface area contributed by atoms with Gasteiger partial charge >= 0.3 is 11.9 Å². The number of carbonyl (C=O) groups excluding carboxylic acids is 2. The largest absolute Gasteiger partial charge is 0.481 e. The van der Waals surface area contributed by atoms with Crippen molar-refractivity contribution in [3.63, 3.8) is 0 Å². The quantitative estimate of drug-likeness (QED) is 0.562. The third-order valence-electron chi connectivity index (χ3n) is 2.91. The van der Waals surface area contributed by atoms with E-state index in [9.17, 15) is 14.4 Å². The molecule has 2 N–H and O–H groups in total. The van der Waals surface area contributed by atoms with Crippen LogP contribution in [0.25, 0.3) is 0 Å². The van der Waals surface area contributed by atoms with E-state index < -0.39 is 11.9 Å². The maximum atomic E-state index is 11.5. The van der Waals surface area contributed by atoms with Gasteiger partial charge in [-0.05, 0) is 30.5 Å². The predicted molar refractivity (Wildman–Crippen MR) is 75.7 cm³/mol. The summed E-state index contributed by atoms with van der Waals surface area (Å²) in [6, 6.07) is 6.77. The Labute approximate surface area is 123 Å². The van der Waals surface area contributed by atoms with Gasteiger partial charge in [-0.15, -0.1) is 0 Å². The minimum Gasteiger partial charge on any atom is -0.481 e. The molecule has 1 rings (SSSR count). The fourth-order valence-electron chi connectivity index (χ4n) is 1.73. The molecule has 0 aliphatic rings. The second-order valence-corrected chi connectivity index (χ2v) is 4.57. The first-order chi connectivity index (χ1) is 10.0. The smallest absolute Gasteiger partial charge is 0.337 e. The van der Waals surface area contributed by atoms with E-state index in [-0.39, 0.29) is 12.3 Å². The van der Waals surface area contributed by atoms with E-state index in [1.807, 2.05) is 0 Å². The molecule has 21 heavy (non-hydrogen) atoms. The van der Waals surface area contributed by atoms with Gasteiger partial charge in [-0.3, -0.25) is 9.59 Å². The van der Waals surface area contributed by atoms with Gasteiger partial charge in [0.25, 0.3) is 0 Å². The molecule has 0 aliphatic carbocycles. The number of esters is 1. The Bertz CT molecular complexity index is 495. The van der Waals surface area contributed by atoms with Gasteiger partial charge in [0.05, 0.1) is 12.7 Å². The van der Waals surface area contributed by atoms with Crippen LogP contribution < -0.4 is 5.32 Å². The van der Waals surface area contributed by atoms with Crippen LogP contribution in [0.4, 0.5) is 0 Å². The van der Waals surface area contributed by atoms with Gasteiger partial charge in [0.1, 0.15) is 0 Å². The van der Waals surface area contributed by atoms with Gasteiger partial charge in [0.2, 0.25) is 5.91 Å². The summed E-state index contributed by atoms with van der Waals surface area (Å²) in [5, 5.41) is 11.2. The van der Waals surface area contributed by atoms with Crippen LogP contribution in [0.2, 0.25) is 0 Å². The van der Waals surface area contributed by atoms with E-state index in [4.69, 9.17) is 5.11 Å². The molecule has 0 heterocycles. The van der Waals surface area contributed by atoms with E-state index in [2.05, 4.69) is 10.1 Å². The zero-order valence-electron chi connectivity index (χ0n) is 11.9. The monoisotopic (exact) mass is 293 g/mol. The van der Waals surface area contributed by atoms with Crippen molar-refractivity contribution in [2.45, 2.75) is 32.2 Å². The van der Waals surface area contributed by atoms with Crippen LogP contribution in [-0.4, -0.2) is 30.1 Å². The summed E-state index contributed by atoms with van der Waals surface area (Å²) in [7, 11) is 1.32. The standard InChI is InChI=1S/C15H19NO5/c1-21-15(20)12-8-6-11(7-9-12)10-16-13(17)4-2-3-5-14(18)19/h6-9H,2-5,10H2,1H3,(H,16,17)(H,18,19). The van der Waals surface area contributed by atoms with Crippen molar-refractivity contribution in [1.29, 1.82) is 0 Å². The molecular weight excluding hydrogens is 274 g/mol. The molecule has 0 saturated carbocycles. The normalized spacial score (nSPS) is 9.95. The third-order valence-corrected chi connectivity index (χ3v) is 2.91. The zero-order valence-corrected chi connectivity index (χ0v) is 11.9. The molecule has 6 heteroatoms. The van der Waals surface area contributed by atoms with E-state index in [1.54, 1.807) is 24.3 Å². The molecule has 114 valence electrons. The Morgan fingerprint density at radius 3 is 2.29 bits per heavy atom. The first kappa shape index (κ1) is 16.7. The molecule has 0 bridgehead atoms. The minimum atomic E-state index is -0.846. The number of aliphatic carboxylic acids is 1. The lowest BCUT2D eigenvalue weighted by Gasteiger charge is -2.06. The number of carboxylic acids is 1. The number of carbonyl (C=O) groups is 3. The number of methoxy groups -OCH3 is 1. The average Bonchev–Trinajstić information content (AvgIpc) is 2.49. The van der Waals surface area contributed by atoms with Crippen LogP contribution in [0.5, 0.6) is 0 Å². The second kappa shape index (κ2) is 8.73. The topological polar surface area (TPSA) is 92.7 Å². The molecule has 1 aromatic carbocycles. The lowest BCUT2D eigenvalue weighted by molar-refractivity contribution is -0.137. The molecule has 0 spiro atoms. The molecule has 0 unspecified atom stereocenters. The summed E-state index contributed by atoms with van der Waals surface area (Å²) < 4.78 is 4.60. The van der Waals surface area contributed by atoms with Crippen LogP contribution in [0.1, 0.15) is 41.6 Å². The van der Waals surface area contributed by atoms with Crippen molar-refractivity contribution in [2.24, 2.45) is 0 Å². The SMILES string of the molecule is COC(=O)c1ccc(CNC(=O)CCCCC(=O)O)cc1. The van der Waals surface area contributed by atoms with E-state index in [0.29, 0.717) is 31.4 Å². The summed E-state index contributed by atoms with van der Waals surface area (Å²) in [6.45, 7) is 0.374. The molecule has 1 amide bonds. The maximum absolute atomic E-state index is 11.5. The number of carboxylic acid groups (broad SMARTS) is 1. The fourth-order valence-corrected chi connectivity index (χ4v) is 1.73. The van der Waals surface area contributed by atoms with E-state index in [0.717, 1.165) is 5.56 Å². The molecule has 0 radical (unpaired) electrons. The number of nitrogens with one attached hydrogen (secondary N) is 1. The Morgan fingerprint density at radius 1 is 1.10 bits per heavy atom. The van der Waals surface area contributed by atoms with Crippen LogP contribution in [0.3, 0.4) is 0 Å². The first-order valence-electron chi connectivity index (χ1n) is 6.68. The van der Waals surface area contributed by atoms with Gasteiger partial charge < -0.3 is 15.2 Å². The minimum absolute atomic E-state index is 0.0856. The predicted octanol–water partition coefficient (Wildman–Crippen LogP) is 1.73. The van der Waals surface area contributed by atoms with Crippen LogP contribution in [0, 0.1) is 0 Å². The molecule has 1 aromatic rings. The average molecular weight is 293 g/mol. The molecule has 0 fully saturated rings. The number of ether oxygens (including phenoxy) is 1. The maximum Gasteiger partial charge on any atom is 0.337 e. The Balaban J connectivity index is 2.29. The molecule has 0 atom stereocenters. The molecular formula is C15H19NO5. The summed E-state index contributed by atoms with van der Waals surface area (Å²) in [5.41, 5.74) is 1.34. The first-order valence-corrected chi connectivity index (χ1v) is 6.68. The van der Waals surface area contributed by atoms with Crippen molar-refractivity contribution in [3.05, 3.63) is 35.4 Å². The van der Waals surface area contributed by atoms with E-state index in [1.165, 1.54) is 7.11 Å². The third kappa shape index (κ3) is 6.56. The fraction of sp³-hybridized carbons (Fsp3) is 0.400. The van der Waals surface area contributed by atoms with Gasteiger partial charge in [-0.2, -0.15) is 0 Å². The van der Waals surface area contributed by atoms with Gasteiger partial charge in [0, 0.05) is 19.4 Å². The van der Waals surface area contributed by atoms with Crippen molar-refractivity contribution in [3.8, 4) is 0 Å². The highest BCUT2D eigenvalue weighted by Gasteiger charge is 2.06. The number of unbranched alkanes of at least 4 members (excludes halogenated alkanes) is 1. The number of rotatable bonds is 8. The van der Waals surface area contributed by atoms with Crippen molar-refractivity contribution >= 4 is 17.8 Å². The van der Waals surface area contributed by atoms with Crippen molar-refractivity contribution in [1.82, 2.24) is 5.32 Å². The zero-order chi connectivity index (χ0) is 15.7. The molecule has 6 nitrogen and oxygen atoms in total. The molecule has 0 aliphatic heterocycles. The number of hydrogen-bond acceptors (Lipinski definition) is 4. The lowest BCUT2D eigenvalue weighted by Crippen LogP contribution is -2.22. The van der Waals surface area contributed by atoms with E-state index >= 15 is 0 Å². The highest BCUT2D eigenvalue weighted by Crippen LogP contribution is 2.06. The number of hydrogen-bond donors (Lipinski definition) is 2. The molecule has 0 saturated heterocycles. The lowest BCUT2D eigenvalue weighted by atomic mass is 10.1. The van der Waals surface area contributed by atoms with Crippen LogP contribution >= 0.6 is 0 Å². The van der Waals surface area contributed by atoms with Crippen molar-refractivity contribution in [2.75, 3.05) is 7.11 Å². The van der Waals surface area contributed by atoms with Gasteiger partial charge in [-0.1, -0.05) is 12.1 Å². The Hall–Kier alpha value is -2.37.